The van der Waals surface area contributed by atoms with Gasteiger partial charge in [-0.05, 0) is 26.0 Å². The van der Waals surface area contributed by atoms with Gasteiger partial charge in [0.25, 0.3) is 0 Å². The van der Waals surface area contributed by atoms with E-state index < -0.39 is 29.1 Å². The number of esters is 2. The zero-order valence-electron chi connectivity index (χ0n) is 11.6. The van der Waals surface area contributed by atoms with E-state index in [2.05, 4.69) is 5.32 Å². The minimum atomic E-state index is -0.916. The monoisotopic (exact) mass is 299 g/mol. The van der Waals surface area contributed by atoms with E-state index in [0.29, 0.717) is 0 Å². The highest BCUT2D eigenvalue weighted by atomic mass is 19.1. The van der Waals surface area contributed by atoms with Gasteiger partial charge in [0.2, 0.25) is 0 Å². The summed E-state index contributed by atoms with van der Waals surface area (Å²) in [7, 11) is 0. The van der Waals surface area contributed by atoms with Crippen LogP contribution in [0.3, 0.4) is 0 Å². The standard InChI is InChI=1S/C14H15F2NO4/c1-3-20-13(18)10(14(19)21-4-2)8-17-12-7-9(15)5-6-11(12)16/h5-8,17H,3-4H2,1-2H3. The number of halogens is 2. The molecule has 0 bridgehead atoms. The molecule has 0 unspecified atom stereocenters. The quantitative estimate of drug-likeness (QED) is 0.378. The first-order valence-electron chi connectivity index (χ1n) is 6.25. The van der Waals surface area contributed by atoms with Crippen LogP contribution in [0.2, 0.25) is 0 Å². The summed E-state index contributed by atoms with van der Waals surface area (Å²) in [4.78, 5) is 23.3. The number of anilines is 1. The summed E-state index contributed by atoms with van der Waals surface area (Å²) >= 11 is 0. The summed E-state index contributed by atoms with van der Waals surface area (Å²) < 4.78 is 35.8. The molecule has 1 aromatic carbocycles. The Morgan fingerprint density at radius 1 is 1.14 bits per heavy atom. The number of carbonyl (C=O) groups excluding carboxylic acids is 2. The summed E-state index contributed by atoms with van der Waals surface area (Å²) in [6.07, 6.45) is 0.924. The minimum absolute atomic E-state index is 0.0594. The molecule has 0 aliphatic heterocycles. The van der Waals surface area contributed by atoms with Crippen molar-refractivity contribution in [2.75, 3.05) is 18.5 Å². The van der Waals surface area contributed by atoms with Crippen LogP contribution in [-0.2, 0) is 19.1 Å². The Balaban J connectivity index is 2.99. The lowest BCUT2D eigenvalue weighted by Gasteiger charge is -2.08. The molecule has 0 atom stereocenters. The van der Waals surface area contributed by atoms with Crippen molar-refractivity contribution < 1.29 is 27.8 Å². The van der Waals surface area contributed by atoms with E-state index in [4.69, 9.17) is 9.47 Å². The molecule has 0 aliphatic rings. The first kappa shape index (κ1) is 16.6. The van der Waals surface area contributed by atoms with Crippen molar-refractivity contribution in [1.82, 2.24) is 0 Å². The zero-order chi connectivity index (χ0) is 15.8. The third kappa shape index (κ3) is 4.87. The van der Waals surface area contributed by atoms with E-state index in [-0.39, 0.29) is 18.9 Å². The molecule has 0 saturated carbocycles. The molecule has 0 aliphatic carbocycles. The van der Waals surface area contributed by atoms with Crippen LogP contribution in [0, 0.1) is 11.6 Å². The number of rotatable bonds is 6. The molecule has 0 fully saturated rings. The Kier molecular flexibility index (Phi) is 6.32. The Hall–Kier alpha value is -2.44. The molecule has 0 heterocycles. The SMILES string of the molecule is CCOC(=O)C(=CNc1cc(F)ccc1F)C(=O)OCC. The second-order valence-electron chi connectivity index (χ2n) is 3.77. The Morgan fingerprint density at radius 2 is 1.71 bits per heavy atom. The minimum Gasteiger partial charge on any atom is -0.462 e. The molecule has 0 aromatic heterocycles. The van der Waals surface area contributed by atoms with Gasteiger partial charge in [-0.2, -0.15) is 0 Å². The highest BCUT2D eigenvalue weighted by Gasteiger charge is 2.21. The lowest BCUT2D eigenvalue weighted by atomic mass is 10.2. The molecular weight excluding hydrogens is 284 g/mol. The van der Waals surface area contributed by atoms with E-state index >= 15 is 0 Å². The molecular formula is C14H15F2NO4. The van der Waals surface area contributed by atoms with E-state index in [1.54, 1.807) is 13.8 Å². The van der Waals surface area contributed by atoms with Crippen molar-refractivity contribution in [3.8, 4) is 0 Å². The smallest absolute Gasteiger partial charge is 0.347 e. The maximum Gasteiger partial charge on any atom is 0.347 e. The number of ether oxygens (including phenoxy) is 2. The molecule has 0 amide bonds. The van der Waals surface area contributed by atoms with Crippen molar-refractivity contribution in [2.45, 2.75) is 13.8 Å². The molecule has 114 valence electrons. The van der Waals surface area contributed by atoms with Gasteiger partial charge in [-0.3, -0.25) is 0 Å². The fourth-order valence-corrected chi connectivity index (χ4v) is 1.38. The van der Waals surface area contributed by atoms with Crippen LogP contribution in [0.5, 0.6) is 0 Å². The van der Waals surface area contributed by atoms with Gasteiger partial charge in [0.15, 0.2) is 5.57 Å². The normalized spacial score (nSPS) is 9.71. The molecule has 0 spiro atoms. The van der Waals surface area contributed by atoms with Gasteiger partial charge in [-0.1, -0.05) is 0 Å². The van der Waals surface area contributed by atoms with E-state index in [0.717, 1.165) is 24.4 Å². The molecule has 1 N–H and O–H groups in total. The summed E-state index contributed by atoms with van der Waals surface area (Å²) in [5, 5.41) is 2.35. The Morgan fingerprint density at radius 3 is 2.24 bits per heavy atom. The third-order valence-corrected chi connectivity index (χ3v) is 2.29. The lowest BCUT2D eigenvalue weighted by molar-refractivity contribution is -0.146. The van der Waals surface area contributed by atoms with Crippen LogP contribution in [-0.4, -0.2) is 25.2 Å². The van der Waals surface area contributed by atoms with Gasteiger partial charge in [0.1, 0.15) is 11.6 Å². The summed E-state index contributed by atoms with van der Waals surface area (Å²) in [5.74, 6) is -3.23. The molecule has 7 heteroatoms. The van der Waals surface area contributed by atoms with Crippen molar-refractivity contribution in [1.29, 1.82) is 0 Å². The highest BCUT2D eigenvalue weighted by molar-refractivity contribution is 6.14. The highest BCUT2D eigenvalue weighted by Crippen LogP contribution is 2.16. The number of hydrogen-bond donors (Lipinski definition) is 1. The maximum atomic E-state index is 13.4. The van der Waals surface area contributed by atoms with Crippen LogP contribution in [0.25, 0.3) is 0 Å². The molecule has 5 nitrogen and oxygen atoms in total. The molecule has 0 radical (unpaired) electrons. The van der Waals surface area contributed by atoms with E-state index in [1.165, 1.54) is 0 Å². The molecule has 1 rings (SSSR count). The first-order chi connectivity index (χ1) is 9.99. The fourth-order valence-electron chi connectivity index (χ4n) is 1.38. The summed E-state index contributed by atoms with van der Waals surface area (Å²) in [6.45, 7) is 3.26. The number of carbonyl (C=O) groups is 2. The third-order valence-electron chi connectivity index (χ3n) is 2.29. The van der Waals surface area contributed by atoms with Crippen LogP contribution < -0.4 is 5.32 Å². The maximum absolute atomic E-state index is 13.4. The molecule has 21 heavy (non-hydrogen) atoms. The molecule has 0 saturated heterocycles. The average molecular weight is 299 g/mol. The van der Waals surface area contributed by atoms with Crippen LogP contribution in [0.4, 0.5) is 14.5 Å². The van der Waals surface area contributed by atoms with Crippen LogP contribution in [0.1, 0.15) is 13.8 Å². The van der Waals surface area contributed by atoms with Gasteiger partial charge < -0.3 is 14.8 Å². The fraction of sp³-hybridized carbons (Fsp3) is 0.286. The van der Waals surface area contributed by atoms with Crippen molar-refractivity contribution in [3.63, 3.8) is 0 Å². The average Bonchev–Trinajstić information content (AvgIpc) is 2.43. The van der Waals surface area contributed by atoms with Crippen LogP contribution >= 0.6 is 0 Å². The summed E-state index contributed by atoms with van der Waals surface area (Å²) in [6, 6.07) is 2.75. The molecule has 1 aromatic rings. The van der Waals surface area contributed by atoms with Crippen molar-refractivity contribution >= 4 is 17.6 Å². The topological polar surface area (TPSA) is 64.6 Å². The van der Waals surface area contributed by atoms with Gasteiger partial charge in [0.05, 0.1) is 18.9 Å². The lowest BCUT2D eigenvalue weighted by Crippen LogP contribution is -2.19. The first-order valence-corrected chi connectivity index (χ1v) is 6.25. The number of benzene rings is 1. The predicted molar refractivity (Wildman–Crippen MR) is 71.3 cm³/mol. The van der Waals surface area contributed by atoms with Gasteiger partial charge in [-0.15, -0.1) is 0 Å². The predicted octanol–water partition coefficient (Wildman–Crippen LogP) is 2.39. The second-order valence-corrected chi connectivity index (χ2v) is 3.77. The van der Waals surface area contributed by atoms with Crippen molar-refractivity contribution in [2.24, 2.45) is 0 Å². The number of hydrogen-bond acceptors (Lipinski definition) is 5. The second kappa shape index (κ2) is 7.98. The van der Waals surface area contributed by atoms with Gasteiger partial charge in [-0.25, -0.2) is 18.4 Å². The number of nitrogens with one attached hydrogen (secondary N) is 1. The van der Waals surface area contributed by atoms with Gasteiger partial charge in [0, 0.05) is 12.3 Å². The van der Waals surface area contributed by atoms with E-state index in [9.17, 15) is 18.4 Å². The largest absolute Gasteiger partial charge is 0.462 e. The summed E-state index contributed by atoms with van der Waals surface area (Å²) in [5.41, 5.74) is -0.663. The van der Waals surface area contributed by atoms with Crippen molar-refractivity contribution in [3.05, 3.63) is 41.6 Å². The zero-order valence-corrected chi connectivity index (χ0v) is 11.6. The van der Waals surface area contributed by atoms with E-state index in [1.807, 2.05) is 0 Å². The Bertz CT molecular complexity index is 538. The van der Waals surface area contributed by atoms with Crippen LogP contribution in [0.15, 0.2) is 30.0 Å². The van der Waals surface area contributed by atoms with Gasteiger partial charge >= 0.3 is 11.9 Å². The Labute approximate surface area is 120 Å².